The van der Waals surface area contributed by atoms with E-state index in [2.05, 4.69) is 24.1 Å². The Balaban J connectivity index is 1.90. The van der Waals surface area contributed by atoms with Crippen molar-refractivity contribution in [2.24, 2.45) is 5.92 Å². The van der Waals surface area contributed by atoms with Gasteiger partial charge in [0.25, 0.3) is 0 Å². The van der Waals surface area contributed by atoms with E-state index in [1.54, 1.807) is 7.11 Å². The number of piperidine rings is 1. The summed E-state index contributed by atoms with van der Waals surface area (Å²) in [6.07, 6.45) is 1.84. The first-order valence-corrected chi connectivity index (χ1v) is 8.12. The molecule has 0 unspecified atom stereocenters. The highest BCUT2D eigenvalue weighted by Gasteiger charge is 2.54. The highest BCUT2D eigenvalue weighted by atomic mass is 16.7. The second-order valence-corrected chi connectivity index (χ2v) is 6.45. The summed E-state index contributed by atoms with van der Waals surface area (Å²) in [6, 6.07) is 10.7. The molecule has 5 heteroatoms. The number of carbonyl (C=O) groups excluding carboxylic acids is 1. The summed E-state index contributed by atoms with van der Waals surface area (Å²) in [5.41, 5.74) is 1.21. The van der Waals surface area contributed by atoms with E-state index in [1.807, 2.05) is 18.2 Å². The summed E-state index contributed by atoms with van der Waals surface area (Å²) in [5.74, 6) is -0.104. The molecule has 2 saturated heterocycles. The number of hydrogen-bond donors (Lipinski definition) is 0. The lowest BCUT2D eigenvalue weighted by Gasteiger charge is -2.41. The molecule has 0 spiro atoms. The van der Waals surface area contributed by atoms with Gasteiger partial charge in [-0.1, -0.05) is 30.3 Å². The first-order valence-electron chi connectivity index (χ1n) is 8.12. The maximum Gasteiger partial charge on any atom is 0.310 e. The molecule has 1 aromatic carbocycles. The first-order chi connectivity index (χ1) is 11.2. The molecule has 0 radical (unpaired) electrons. The van der Waals surface area contributed by atoms with E-state index in [9.17, 15) is 4.79 Å². The summed E-state index contributed by atoms with van der Waals surface area (Å²) in [4.78, 5) is 14.8. The summed E-state index contributed by atoms with van der Waals surface area (Å²) in [7, 11) is 5.20. The van der Waals surface area contributed by atoms with Gasteiger partial charge in [0.1, 0.15) is 6.79 Å². The van der Waals surface area contributed by atoms with Crippen molar-refractivity contribution in [1.82, 2.24) is 4.90 Å². The molecule has 0 saturated carbocycles. The topological polar surface area (TPSA) is 48.0 Å². The van der Waals surface area contributed by atoms with Crippen LogP contribution in [0, 0.1) is 5.92 Å². The maximum absolute atomic E-state index is 12.5. The van der Waals surface area contributed by atoms with Crippen LogP contribution in [-0.2, 0) is 19.0 Å². The molecule has 2 aliphatic rings. The van der Waals surface area contributed by atoms with Crippen LogP contribution < -0.4 is 0 Å². The monoisotopic (exact) mass is 319 g/mol. The van der Waals surface area contributed by atoms with Crippen molar-refractivity contribution in [3.05, 3.63) is 35.9 Å². The molecule has 126 valence electrons. The quantitative estimate of drug-likeness (QED) is 0.614. The van der Waals surface area contributed by atoms with Crippen LogP contribution in [0.1, 0.15) is 24.3 Å². The zero-order valence-corrected chi connectivity index (χ0v) is 14.0. The molecular formula is C18H25NO4. The van der Waals surface area contributed by atoms with Crippen molar-refractivity contribution in [3.8, 4) is 0 Å². The van der Waals surface area contributed by atoms with E-state index in [4.69, 9.17) is 14.2 Å². The number of nitrogens with zero attached hydrogens (tertiary/aromatic N) is 1. The standard InChI is InChI=1S/C18H25NO4/c1-19-14-9-13(12-7-5-4-6-8-12)17(18(20)22-3)15(19)10-16(14)23-11-21-2/h4-8,13-17H,9-11H2,1-3H3/t13-,14+,15+,16-,17-/m0/s1. The molecule has 5 nitrogen and oxygen atoms in total. The van der Waals surface area contributed by atoms with E-state index < -0.39 is 0 Å². The lowest BCUT2D eigenvalue weighted by Crippen LogP contribution is -2.50. The Hall–Kier alpha value is -1.43. The molecule has 2 bridgehead atoms. The van der Waals surface area contributed by atoms with Crippen molar-refractivity contribution in [2.45, 2.75) is 36.9 Å². The summed E-state index contributed by atoms with van der Waals surface area (Å²) in [5, 5.41) is 0. The van der Waals surface area contributed by atoms with Gasteiger partial charge in [-0.05, 0) is 25.5 Å². The number of methoxy groups -OCH3 is 2. The summed E-state index contributed by atoms with van der Waals surface area (Å²) in [6.45, 7) is 0.292. The highest BCUT2D eigenvalue weighted by Crippen LogP contribution is 2.47. The molecule has 0 N–H and O–H groups in total. The molecule has 1 aromatic rings. The number of hydrogen-bond acceptors (Lipinski definition) is 5. The molecule has 0 aromatic heterocycles. The SMILES string of the molecule is COCO[C@H]1C[C@@H]2[C@@H](C(=O)OC)[C@H](c3ccccc3)C[C@H]1N2C. The van der Waals surface area contributed by atoms with E-state index in [-0.39, 0.29) is 30.0 Å². The minimum absolute atomic E-state index is 0.103. The van der Waals surface area contributed by atoms with Crippen LogP contribution in [0.2, 0.25) is 0 Å². The fourth-order valence-corrected chi connectivity index (χ4v) is 4.30. The largest absolute Gasteiger partial charge is 0.469 e. The third kappa shape index (κ3) is 3.01. The average molecular weight is 319 g/mol. The zero-order valence-electron chi connectivity index (χ0n) is 14.0. The summed E-state index contributed by atoms with van der Waals surface area (Å²) < 4.78 is 16.1. The third-order valence-electron chi connectivity index (χ3n) is 5.39. The van der Waals surface area contributed by atoms with Gasteiger partial charge >= 0.3 is 5.97 Å². The van der Waals surface area contributed by atoms with E-state index in [1.165, 1.54) is 12.7 Å². The van der Waals surface area contributed by atoms with Gasteiger partial charge in [-0.2, -0.15) is 0 Å². The molecule has 2 heterocycles. The average Bonchev–Trinajstić information content (AvgIpc) is 2.79. The molecule has 0 amide bonds. The highest BCUT2D eigenvalue weighted by molar-refractivity contribution is 5.75. The molecule has 3 rings (SSSR count). The second kappa shape index (κ2) is 6.99. The Kier molecular flexibility index (Phi) is 4.99. The van der Waals surface area contributed by atoms with Crippen molar-refractivity contribution >= 4 is 5.97 Å². The van der Waals surface area contributed by atoms with Gasteiger partial charge in [0, 0.05) is 25.1 Å². The van der Waals surface area contributed by atoms with Crippen LogP contribution in [0.15, 0.2) is 30.3 Å². The minimum atomic E-state index is -0.153. The van der Waals surface area contributed by atoms with E-state index in [0.29, 0.717) is 12.8 Å². The van der Waals surface area contributed by atoms with E-state index in [0.717, 1.165) is 12.8 Å². The fraction of sp³-hybridized carbons (Fsp3) is 0.611. The molecule has 5 atom stereocenters. The number of rotatable bonds is 5. The van der Waals surface area contributed by atoms with Crippen LogP contribution in [0.4, 0.5) is 0 Å². The van der Waals surface area contributed by atoms with Gasteiger partial charge in [-0.15, -0.1) is 0 Å². The van der Waals surface area contributed by atoms with Crippen molar-refractivity contribution in [3.63, 3.8) is 0 Å². The van der Waals surface area contributed by atoms with Gasteiger partial charge in [0.05, 0.1) is 19.1 Å². The predicted octanol–water partition coefficient (Wildman–Crippen LogP) is 2.02. The Morgan fingerprint density at radius 1 is 1.17 bits per heavy atom. The first kappa shape index (κ1) is 16.4. The Morgan fingerprint density at radius 3 is 2.57 bits per heavy atom. The fourth-order valence-electron chi connectivity index (χ4n) is 4.30. The lowest BCUT2D eigenvalue weighted by molar-refractivity contribution is -0.150. The smallest absolute Gasteiger partial charge is 0.310 e. The van der Waals surface area contributed by atoms with Crippen molar-refractivity contribution < 1.29 is 19.0 Å². The minimum Gasteiger partial charge on any atom is -0.469 e. The van der Waals surface area contributed by atoms with Crippen LogP contribution in [0.5, 0.6) is 0 Å². The molecule has 23 heavy (non-hydrogen) atoms. The van der Waals surface area contributed by atoms with Crippen LogP contribution in [0.25, 0.3) is 0 Å². The third-order valence-corrected chi connectivity index (χ3v) is 5.39. The van der Waals surface area contributed by atoms with Gasteiger partial charge < -0.3 is 14.2 Å². The molecule has 2 aliphatic heterocycles. The lowest BCUT2D eigenvalue weighted by atomic mass is 9.76. The Labute approximate surface area is 137 Å². The van der Waals surface area contributed by atoms with Gasteiger partial charge in [-0.3, -0.25) is 9.69 Å². The molecule has 0 aliphatic carbocycles. The normalized spacial score (nSPS) is 33.6. The number of esters is 1. The van der Waals surface area contributed by atoms with Crippen LogP contribution >= 0.6 is 0 Å². The van der Waals surface area contributed by atoms with Crippen LogP contribution in [-0.4, -0.2) is 57.1 Å². The Bertz CT molecular complexity index is 535. The number of ether oxygens (including phenoxy) is 3. The Morgan fingerprint density at radius 2 is 1.91 bits per heavy atom. The molecular weight excluding hydrogens is 294 g/mol. The second-order valence-electron chi connectivity index (χ2n) is 6.45. The predicted molar refractivity (Wildman–Crippen MR) is 86.0 cm³/mol. The number of carbonyl (C=O) groups is 1. The van der Waals surface area contributed by atoms with Crippen molar-refractivity contribution in [1.29, 1.82) is 0 Å². The number of benzene rings is 1. The van der Waals surface area contributed by atoms with E-state index >= 15 is 0 Å². The van der Waals surface area contributed by atoms with Crippen LogP contribution in [0.3, 0.4) is 0 Å². The van der Waals surface area contributed by atoms with Gasteiger partial charge in [0.15, 0.2) is 0 Å². The van der Waals surface area contributed by atoms with Gasteiger partial charge in [0.2, 0.25) is 0 Å². The zero-order chi connectivity index (χ0) is 16.4. The maximum atomic E-state index is 12.5. The van der Waals surface area contributed by atoms with Crippen molar-refractivity contribution in [2.75, 3.05) is 28.1 Å². The summed E-state index contributed by atoms with van der Waals surface area (Å²) >= 11 is 0. The number of likely N-dealkylation sites (N-methyl/N-ethyl adjacent to an activating group) is 1. The van der Waals surface area contributed by atoms with Gasteiger partial charge in [-0.25, -0.2) is 0 Å². The molecule has 2 fully saturated rings. The number of fused-ring (bicyclic) bond motifs is 2.